The molecule has 128 valence electrons. The Morgan fingerprint density at radius 2 is 2.08 bits per heavy atom. The Morgan fingerprint density at radius 1 is 1.33 bits per heavy atom. The minimum atomic E-state index is -0.475. The molecule has 2 heterocycles. The smallest absolute Gasteiger partial charge is 0.330 e. The summed E-state index contributed by atoms with van der Waals surface area (Å²) in [5.41, 5.74) is 0.694. The van der Waals surface area contributed by atoms with Gasteiger partial charge in [-0.15, -0.1) is 0 Å². The van der Waals surface area contributed by atoms with Gasteiger partial charge in [0.15, 0.2) is 0 Å². The molecule has 0 bridgehead atoms. The van der Waals surface area contributed by atoms with Gasteiger partial charge in [-0.25, -0.2) is 4.79 Å². The Kier molecular flexibility index (Phi) is 5.23. The first-order valence-electron chi connectivity index (χ1n) is 7.82. The van der Waals surface area contributed by atoms with Crippen molar-refractivity contribution in [1.29, 1.82) is 0 Å². The molecule has 7 heteroatoms. The zero-order valence-corrected chi connectivity index (χ0v) is 14.2. The van der Waals surface area contributed by atoms with Crippen molar-refractivity contribution in [2.24, 2.45) is 0 Å². The van der Waals surface area contributed by atoms with E-state index in [2.05, 4.69) is 17.6 Å². The van der Waals surface area contributed by atoms with Crippen LogP contribution in [0.25, 0.3) is 0 Å². The second-order valence-electron chi connectivity index (χ2n) is 5.86. The van der Waals surface area contributed by atoms with E-state index in [1.807, 2.05) is 30.3 Å². The summed E-state index contributed by atoms with van der Waals surface area (Å²) in [5.74, 6) is 0.493. The van der Waals surface area contributed by atoms with Gasteiger partial charge in [0.05, 0.1) is 18.8 Å². The van der Waals surface area contributed by atoms with E-state index < -0.39 is 11.9 Å². The van der Waals surface area contributed by atoms with E-state index in [0.717, 1.165) is 5.56 Å². The van der Waals surface area contributed by atoms with E-state index in [4.69, 9.17) is 9.47 Å². The Morgan fingerprint density at radius 3 is 2.79 bits per heavy atom. The minimum Gasteiger partial charge on any atom is -0.371 e. The van der Waals surface area contributed by atoms with Crippen molar-refractivity contribution < 1.29 is 9.47 Å². The van der Waals surface area contributed by atoms with Crippen LogP contribution in [0.4, 0.5) is 0 Å². The first-order valence-corrected chi connectivity index (χ1v) is 8.45. The number of rotatable bonds is 5. The van der Waals surface area contributed by atoms with Gasteiger partial charge in [-0.1, -0.05) is 30.3 Å². The third-order valence-corrected chi connectivity index (χ3v) is 4.48. The van der Waals surface area contributed by atoms with Gasteiger partial charge in [-0.05, 0) is 12.5 Å². The fourth-order valence-electron chi connectivity index (χ4n) is 2.79. The van der Waals surface area contributed by atoms with Crippen LogP contribution in [0.3, 0.4) is 0 Å². The molecule has 1 aliphatic heterocycles. The SMILES string of the molecule is Cc1cn([C@H]2C[C@H](OCc3ccccc3)[C@@H](CS)O2)c(=O)[nH]c1=O. The minimum absolute atomic E-state index is 0.160. The quantitative estimate of drug-likeness (QED) is 0.806. The van der Waals surface area contributed by atoms with E-state index in [1.165, 1.54) is 10.8 Å². The molecule has 1 aliphatic rings. The molecule has 1 aromatic heterocycles. The lowest BCUT2D eigenvalue weighted by molar-refractivity contribution is -0.0315. The standard InChI is InChI=1S/C17H20N2O4S/c1-11-8-19(17(21)18-16(11)20)15-7-13(14(10-24)23-15)22-9-12-5-3-2-4-6-12/h2-6,8,13-15,24H,7,9-10H2,1H3,(H,18,20,21)/t13-,14+,15+/m0/s1. The zero-order chi connectivity index (χ0) is 17.1. The second kappa shape index (κ2) is 7.38. The summed E-state index contributed by atoms with van der Waals surface area (Å²) in [6.07, 6.45) is 1.23. The summed E-state index contributed by atoms with van der Waals surface area (Å²) in [5, 5.41) is 0. The van der Waals surface area contributed by atoms with Gasteiger partial charge in [0.1, 0.15) is 6.23 Å². The van der Waals surface area contributed by atoms with Gasteiger partial charge in [-0.2, -0.15) is 12.6 Å². The fraction of sp³-hybridized carbons (Fsp3) is 0.412. The van der Waals surface area contributed by atoms with Crippen LogP contribution in [0.2, 0.25) is 0 Å². The van der Waals surface area contributed by atoms with Gasteiger partial charge in [0, 0.05) is 23.9 Å². The molecule has 0 unspecified atom stereocenters. The van der Waals surface area contributed by atoms with Crippen LogP contribution in [-0.4, -0.2) is 27.5 Å². The number of hydrogen-bond acceptors (Lipinski definition) is 5. The number of hydrogen-bond donors (Lipinski definition) is 2. The lowest BCUT2D eigenvalue weighted by atomic mass is 10.2. The summed E-state index contributed by atoms with van der Waals surface area (Å²) < 4.78 is 13.3. The van der Waals surface area contributed by atoms with Crippen molar-refractivity contribution in [3.63, 3.8) is 0 Å². The largest absolute Gasteiger partial charge is 0.371 e. The van der Waals surface area contributed by atoms with Crippen molar-refractivity contribution in [3.05, 3.63) is 68.5 Å². The van der Waals surface area contributed by atoms with Gasteiger partial charge in [0.25, 0.3) is 5.56 Å². The van der Waals surface area contributed by atoms with Crippen LogP contribution >= 0.6 is 12.6 Å². The molecule has 0 amide bonds. The number of H-pyrrole nitrogens is 1. The van der Waals surface area contributed by atoms with Crippen LogP contribution in [0.1, 0.15) is 23.8 Å². The highest BCUT2D eigenvalue weighted by molar-refractivity contribution is 7.80. The molecule has 2 aromatic rings. The second-order valence-corrected chi connectivity index (χ2v) is 6.23. The van der Waals surface area contributed by atoms with Crippen molar-refractivity contribution in [2.75, 3.05) is 5.75 Å². The highest BCUT2D eigenvalue weighted by Crippen LogP contribution is 2.31. The maximum atomic E-state index is 12.0. The molecule has 1 saturated heterocycles. The fourth-order valence-corrected chi connectivity index (χ4v) is 3.11. The summed E-state index contributed by atoms with van der Waals surface area (Å²) in [6.45, 7) is 2.13. The molecule has 0 saturated carbocycles. The first kappa shape index (κ1) is 17.0. The van der Waals surface area contributed by atoms with Crippen LogP contribution < -0.4 is 11.2 Å². The highest BCUT2D eigenvalue weighted by atomic mass is 32.1. The molecule has 0 radical (unpaired) electrons. The maximum absolute atomic E-state index is 12.0. The lowest BCUT2D eigenvalue weighted by Crippen LogP contribution is -2.33. The summed E-state index contributed by atoms with van der Waals surface area (Å²) in [7, 11) is 0. The average molecular weight is 348 g/mol. The molecule has 0 spiro atoms. The van der Waals surface area contributed by atoms with E-state index in [9.17, 15) is 9.59 Å². The Hall–Kier alpha value is -1.83. The maximum Gasteiger partial charge on any atom is 0.330 e. The number of aryl methyl sites for hydroxylation is 1. The molecule has 1 aromatic carbocycles. The molecule has 24 heavy (non-hydrogen) atoms. The van der Waals surface area contributed by atoms with Crippen LogP contribution in [0, 0.1) is 6.92 Å². The Labute approximate surface area is 144 Å². The predicted octanol–water partition coefficient (Wildman–Crippen LogP) is 1.65. The first-order chi connectivity index (χ1) is 11.6. The van der Waals surface area contributed by atoms with Crippen LogP contribution in [0.5, 0.6) is 0 Å². The molecule has 1 fully saturated rings. The molecule has 3 atom stereocenters. The predicted molar refractivity (Wildman–Crippen MR) is 93.5 cm³/mol. The summed E-state index contributed by atoms with van der Waals surface area (Å²) >= 11 is 4.32. The molecule has 0 aliphatic carbocycles. The van der Waals surface area contributed by atoms with Gasteiger partial charge < -0.3 is 9.47 Å². The molecular formula is C17H20N2O4S. The van der Waals surface area contributed by atoms with E-state index in [0.29, 0.717) is 24.3 Å². The number of benzene rings is 1. The number of ether oxygens (including phenoxy) is 2. The number of nitrogens with zero attached hydrogens (tertiary/aromatic N) is 1. The van der Waals surface area contributed by atoms with E-state index >= 15 is 0 Å². The normalized spacial score (nSPS) is 23.5. The molecular weight excluding hydrogens is 328 g/mol. The van der Waals surface area contributed by atoms with Crippen molar-refractivity contribution in [1.82, 2.24) is 9.55 Å². The number of thiol groups is 1. The Bertz CT molecular complexity index is 802. The third-order valence-electron chi connectivity index (χ3n) is 4.12. The Balaban J connectivity index is 1.73. The van der Waals surface area contributed by atoms with Crippen molar-refractivity contribution in [3.8, 4) is 0 Å². The summed E-state index contributed by atoms with van der Waals surface area (Å²) in [4.78, 5) is 25.8. The highest BCUT2D eigenvalue weighted by Gasteiger charge is 2.36. The van der Waals surface area contributed by atoms with Crippen LogP contribution in [-0.2, 0) is 16.1 Å². The number of aromatic nitrogens is 2. The van der Waals surface area contributed by atoms with Gasteiger partial charge in [-0.3, -0.25) is 14.3 Å². The van der Waals surface area contributed by atoms with E-state index in [-0.39, 0.29) is 17.8 Å². The monoisotopic (exact) mass is 348 g/mol. The molecule has 3 rings (SSSR count). The summed E-state index contributed by atoms with van der Waals surface area (Å²) in [6, 6.07) is 9.88. The lowest BCUT2D eigenvalue weighted by Gasteiger charge is -2.16. The van der Waals surface area contributed by atoms with E-state index in [1.54, 1.807) is 6.92 Å². The molecule has 6 nitrogen and oxygen atoms in total. The molecule has 1 N–H and O–H groups in total. The zero-order valence-electron chi connectivity index (χ0n) is 13.3. The topological polar surface area (TPSA) is 73.3 Å². The van der Waals surface area contributed by atoms with Gasteiger partial charge in [0.2, 0.25) is 0 Å². The van der Waals surface area contributed by atoms with Gasteiger partial charge >= 0.3 is 5.69 Å². The van der Waals surface area contributed by atoms with Crippen molar-refractivity contribution >= 4 is 12.6 Å². The number of nitrogens with one attached hydrogen (secondary N) is 1. The van der Waals surface area contributed by atoms with Crippen LogP contribution in [0.15, 0.2) is 46.1 Å². The third kappa shape index (κ3) is 3.63. The average Bonchev–Trinajstić information content (AvgIpc) is 3.00. The van der Waals surface area contributed by atoms with Crippen molar-refractivity contribution in [2.45, 2.75) is 38.4 Å². The number of aromatic amines is 1.